The molecule has 0 aliphatic rings. The molecule has 2 aromatic heterocycles. The van der Waals surface area contributed by atoms with E-state index in [0.717, 1.165) is 61.4 Å². The quantitative estimate of drug-likeness (QED) is 0.158. The molecule has 0 saturated carbocycles. The molecule has 0 unspecified atom stereocenters. The first-order valence-electron chi connectivity index (χ1n) is 20.2. The van der Waals surface area contributed by atoms with Gasteiger partial charge in [0, 0.05) is 38.5 Å². The molecule has 12 rings (SSSR count). The highest BCUT2D eigenvalue weighted by molar-refractivity contribution is 6.20. The summed E-state index contributed by atoms with van der Waals surface area (Å²) in [6, 6.07) is 78.6. The molecule has 10 aromatic carbocycles. The lowest BCUT2D eigenvalue weighted by Gasteiger charge is -2.28. The number of hydrogen-bond donors (Lipinski definition) is 0. The molecule has 0 radical (unpaired) electrons. The van der Waals surface area contributed by atoms with Crippen LogP contribution < -0.4 is 4.90 Å². The number of aromatic nitrogens is 1. The summed E-state index contributed by atoms with van der Waals surface area (Å²) in [6.45, 7) is 0. The van der Waals surface area contributed by atoms with Crippen LogP contribution in [-0.4, -0.2) is 4.57 Å². The number of nitrogens with zero attached hydrogens (tertiary/aromatic N) is 2. The summed E-state index contributed by atoms with van der Waals surface area (Å²) in [5.41, 5.74) is 13.1. The minimum atomic E-state index is 0.870. The SMILES string of the molecule is c1ccc(-c2ccc(N(c3ccc(-c4ccc5c(c4)c4ccccc4n5-c4ccccc4)cc3)c3cccc4ccc5ccccc5c34)c3c2oc2ccccc23)cc1. The highest BCUT2D eigenvalue weighted by Crippen LogP contribution is 2.48. The van der Waals surface area contributed by atoms with Gasteiger partial charge in [-0.05, 0) is 99.6 Å². The van der Waals surface area contributed by atoms with Crippen LogP contribution in [0.5, 0.6) is 0 Å². The van der Waals surface area contributed by atoms with Crippen LogP contribution >= 0.6 is 0 Å². The van der Waals surface area contributed by atoms with Crippen molar-refractivity contribution in [1.29, 1.82) is 0 Å². The molecular weight excluding hydrogens is 717 g/mol. The molecule has 3 heteroatoms. The molecule has 0 atom stereocenters. The first-order valence-corrected chi connectivity index (χ1v) is 20.2. The Labute approximate surface area is 341 Å². The summed E-state index contributed by atoms with van der Waals surface area (Å²) in [5.74, 6) is 0. The van der Waals surface area contributed by atoms with Gasteiger partial charge in [-0.1, -0.05) is 152 Å². The van der Waals surface area contributed by atoms with Crippen LogP contribution in [0.15, 0.2) is 223 Å². The molecular formula is C56H36N2O. The highest BCUT2D eigenvalue weighted by Gasteiger charge is 2.24. The lowest BCUT2D eigenvalue weighted by Crippen LogP contribution is -2.11. The lowest BCUT2D eigenvalue weighted by molar-refractivity contribution is 0.670. The van der Waals surface area contributed by atoms with E-state index in [-0.39, 0.29) is 0 Å². The van der Waals surface area contributed by atoms with Gasteiger partial charge in [0.2, 0.25) is 0 Å². The van der Waals surface area contributed by atoms with Crippen molar-refractivity contribution in [3.63, 3.8) is 0 Å². The fraction of sp³-hybridized carbons (Fsp3) is 0. The maximum Gasteiger partial charge on any atom is 0.145 e. The van der Waals surface area contributed by atoms with E-state index in [0.29, 0.717) is 0 Å². The summed E-state index contributed by atoms with van der Waals surface area (Å²) >= 11 is 0. The van der Waals surface area contributed by atoms with Crippen molar-refractivity contribution in [2.24, 2.45) is 0 Å². The van der Waals surface area contributed by atoms with Gasteiger partial charge in [0.25, 0.3) is 0 Å². The van der Waals surface area contributed by atoms with Crippen molar-refractivity contribution in [2.45, 2.75) is 0 Å². The van der Waals surface area contributed by atoms with Gasteiger partial charge in [-0.2, -0.15) is 0 Å². The second kappa shape index (κ2) is 13.4. The summed E-state index contributed by atoms with van der Waals surface area (Å²) < 4.78 is 9.17. The van der Waals surface area contributed by atoms with Crippen molar-refractivity contribution >= 4 is 82.4 Å². The summed E-state index contributed by atoms with van der Waals surface area (Å²) in [5, 5.41) is 9.50. The second-order valence-electron chi connectivity index (χ2n) is 15.3. The molecule has 0 N–H and O–H groups in total. The Morgan fingerprint density at radius 2 is 1.02 bits per heavy atom. The van der Waals surface area contributed by atoms with Crippen molar-refractivity contribution < 1.29 is 4.42 Å². The molecule has 59 heavy (non-hydrogen) atoms. The molecule has 0 amide bonds. The zero-order valence-electron chi connectivity index (χ0n) is 32.1. The number of anilines is 3. The van der Waals surface area contributed by atoms with Crippen LogP contribution in [0.25, 0.3) is 93.2 Å². The number of furan rings is 1. The van der Waals surface area contributed by atoms with Gasteiger partial charge < -0.3 is 13.9 Å². The average molecular weight is 753 g/mol. The fourth-order valence-corrected chi connectivity index (χ4v) is 9.29. The Morgan fingerprint density at radius 3 is 1.86 bits per heavy atom. The Balaban J connectivity index is 1.08. The smallest absolute Gasteiger partial charge is 0.145 e. The second-order valence-corrected chi connectivity index (χ2v) is 15.3. The van der Waals surface area contributed by atoms with Gasteiger partial charge in [0.15, 0.2) is 0 Å². The van der Waals surface area contributed by atoms with Crippen molar-refractivity contribution in [3.8, 4) is 27.9 Å². The monoisotopic (exact) mass is 752 g/mol. The summed E-state index contributed by atoms with van der Waals surface area (Å²) in [6.07, 6.45) is 0. The van der Waals surface area contributed by atoms with Crippen molar-refractivity contribution in [3.05, 3.63) is 218 Å². The molecule has 12 aromatic rings. The van der Waals surface area contributed by atoms with Crippen molar-refractivity contribution in [2.75, 3.05) is 4.90 Å². The Hall–Kier alpha value is -7.88. The van der Waals surface area contributed by atoms with Crippen LogP contribution in [0.2, 0.25) is 0 Å². The lowest BCUT2D eigenvalue weighted by atomic mass is 9.97. The topological polar surface area (TPSA) is 21.3 Å². The first kappa shape index (κ1) is 33.3. The highest BCUT2D eigenvalue weighted by atomic mass is 16.3. The predicted octanol–water partition coefficient (Wildman–Crippen LogP) is 15.8. The van der Waals surface area contributed by atoms with Crippen LogP contribution in [0, 0.1) is 0 Å². The first-order chi connectivity index (χ1) is 29.3. The summed E-state index contributed by atoms with van der Waals surface area (Å²) in [7, 11) is 0. The minimum absolute atomic E-state index is 0.870. The van der Waals surface area contributed by atoms with Crippen LogP contribution in [-0.2, 0) is 0 Å². The Morgan fingerprint density at radius 1 is 0.373 bits per heavy atom. The van der Waals surface area contributed by atoms with E-state index in [2.05, 4.69) is 228 Å². The number of para-hydroxylation sites is 3. The van der Waals surface area contributed by atoms with E-state index in [4.69, 9.17) is 4.42 Å². The molecule has 276 valence electrons. The van der Waals surface area contributed by atoms with E-state index in [1.54, 1.807) is 0 Å². The van der Waals surface area contributed by atoms with Gasteiger partial charge in [-0.15, -0.1) is 0 Å². The average Bonchev–Trinajstić information content (AvgIpc) is 3.86. The maximum absolute atomic E-state index is 6.80. The molecule has 0 spiro atoms. The number of rotatable bonds is 6. The predicted molar refractivity (Wildman–Crippen MR) is 249 cm³/mol. The van der Waals surface area contributed by atoms with Gasteiger partial charge in [0.1, 0.15) is 11.2 Å². The maximum atomic E-state index is 6.80. The molecule has 0 bridgehead atoms. The Bertz CT molecular complexity index is 3540. The van der Waals surface area contributed by atoms with Gasteiger partial charge in [0.05, 0.1) is 27.8 Å². The number of fused-ring (bicyclic) bond motifs is 9. The molecule has 3 nitrogen and oxygen atoms in total. The molecule has 0 fully saturated rings. The van der Waals surface area contributed by atoms with E-state index < -0.39 is 0 Å². The van der Waals surface area contributed by atoms with E-state index >= 15 is 0 Å². The minimum Gasteiger partial charge on any atom is -0.455 e. The summed E-state index contributed by atoms with van der Waals surface area (Å²) in [4.78, 5) is 2.44. The van der Waals surface area contributed by atoms with Gasteiger partial charge in [-0.3, -0.25) is 0 Å². The number of benzene rings is 10. The zero-order valence-corrected chi connectivity index (χ0v) is 32.1. The standard InChI is InChI=1S/C56H36N2O/c1-3-14-38(15-4-1)45-33-35-52(55-47-22-10-12-25-53(47)59-56(45)55)58(51-24-13-17-40-27-26-39-16-7-8-20-44(39)54(40)51)43-31-28-37(29-32-43)41-30-34-50-48(36-41)46-21-9-11-23-49(46)57(50)42-18-5-2-6-19-42/h1-36H. The van der Waals surface area contributed by atoms with E-state index in [1.807, 2.05) is 0 Å². The largest absolute Gasteiger partial charge is 0.455 e. The van der Waals surface area contributed by atoms with Gasteiger partial charge >= 0.3 is 0 Å². The fourth-order valence-electron chi connectivity index (χ4n) is 9.29. The molecule has 2 heterocycles. The van der Waals surface area contributed by atoms with E-state index in [9.17, 15) is 0 Å². The van der Waals surface area contributed by atoms with Crippen LogP contribution in [0.4, 0.5) is 17.1 Å². The third-order valence-corrected chi connectivity index (χ3v) is 12.0. The Kier molecular flexibility index (Phi) is 7.54. The zero-order chi connectivity index (χ0) is 38.9. The molecule has 0 aliphatic carbocycles. The third kappa shape index (κ3) is 5.29. The van der Waals surface area contributed by atoms with Crippen LogP contribution in [0.1, 0.15) is 0 Å². The number of hydrogen-bond acceptors (Lipinski definition) is 2. The van der Waals surface area contributed by atoms with Crippen LogP contribution in [0.3, 0.4) is 0 Å². The third-order valence-electron chi connectivity index (χ3n) is 12.0. The normalized spacial score (nSPS) is 11.7. The van der Waals surface area contributed by atoms with Gasteiger partial charge in [-0.25, -0.2) is 0 Å². The van der Waals surface area contributed by atoms with Crippen molar-refractivity contribution in [1.82, 2.24) is 4.57 Å². The molecule has 0 saturated heterocycles. The van der Waals surface area contributed by atoms with E-state index in [1.165, 1.54) is 48.9 Å². The molecule has 0 aliphatic heterocycles.